The summed E-state index contributed by atoms with van der Waals surface area (Å²) in [6, 6.07) is 0. The molecular formula is C18H28N6O4. The fourth-order valence-electron chi connectivity index (χ4n) is 3.17. The van der Waals surface area contributed by atoms with Gasteiger partial charge in [-0.25, -0.2) is 14.8 Å². The lowest BCUT2D eigenvalue weighted by atomic mass is 10.3. The summed E-state index contributed by atoms with van der Waals surface area (Å²) in [6.45, 7) is 9.09. The topological polar surface area (TPSA) is 100 Å². The van der Waals surface area contributed by atoms with Crippen LogP contribution in [0.15, 0.2) is 12.4 Å². The summed E-state index contributed by atoms with van der Waals surface area (Å²) >= 11 is 0. The molecule has 1 N–H and O–H groups in total. The molecule has 154 valence electrons. The second-order valence-electron chi connectivity index (χ2n) is 6.65. The number of carbonyl (C=O) groups is 2. The Morgan fingerprint density at radius 1 is 1.07 bits per heavy atom. The molecule has 2 saturated heterocycles. The number of rotatable bonds is 6. The first-order chi connectivity index (χ1) is 13.7. The number of amides is 2. The monoisotopic (exact) mass is 392 g/mol. The van der Waals surface area contributed by atoms with E-state index in [2.05, 4.69) is 20.2 Å². The maximum Gasteiger partial charge on any atom is 0.409 e. The SMILES string of the molecule is CCOC(=O)N1CCN(C(=O)c2cnc(NCCN3CCOCC3)cn2)CC1. The lowest BCUT2D eigenvalue weighted by Crippen LogP contribution is -2.50. The first-order valence-electron chi connectivity index (χ1n) is 9.74. The lowest BCUT2D eigenvalue weighted by molar-refractivity contribution is 0.0398. The maximum atomic E-state index is 12.6. The van der Waals surface area contributed by atoms with E-state index in [1.54, 1.807) is 22.9 Å². The van der Waals surface area contributed by atoms with Crippen LogP contribution in [0.1, 0.15) is 17.4 Å². The predicted molar refractivity (Wildman–Crippen MR) is 102 cm³/mol. The van der Waals surface area contributed by atoms with E-state index in [0.717, 1.165) is 39.4 Å². The summed E-state index contributed by atoms with van der Waals surface area (Å²) in [7, 11) is 0. The van der Waals surface area contributed by atoms with Crippen molar-refractivity contribution >= 4 is 17.8 Å². The van der Waals surface area contributed by atoms with Crippen LogP contribution in [0.4, 0.5) is 10.6 Å². The summed E-state index contributed by atoms with van der Waals surface area (Å²) < 4.78 is 10.3. The Kier molecular flexibility index (Phi) is 7.38. The van der Waals surface area contributed by atoms with Gasteiger partial charge in [0.05, 0.1) is 32.2 Å². The summed E-state index contributed by atoms with van der Waals surface area (Å²) in [5, 5.41) is 3.23. The van der Waals surface area contributed by atoms with Gasteiger partial charge < -0.3 is 24.6 Å². The fourth-order valence-corrected chi connectivity index (χ4v) is 3.17. The molecule has 0 unspecified atom stereocenters. The van der Waals surface area contributed by atoms with Crippen molar-refractivity contribution in [2.45, 2.75) is 6.92 Å². The van der Waals surface area contributed by atoms with Gasteiger partial charge in [-0.1, -0.05) is 0 Å². The molecule has 0 aromatic carbocycles. The van der Waals surface area contributed by atoms with E-state index in [1.165, 1.54) is 6.20 Å². The van der Waals surface area contributed by atoms with Crippen molar-refractivity contribution in [3.8, 4) is 0 Å². The highest BCUT2D eigenvalue weighted by Crippen LogP contribution is 2.09. The number of hydrogen-bond donors (Lipinski definition) is 1. The number of ether oxygens (including phenoxy) is 2. The first-order valence-corrected chi connectivity index (χ1v) is 9.74. The van der Waals surface area contributed by atoms with Crippen LogP contribution in [0.2, 0.25) is 0 Å². The van der Waals surface area contributed by atoms with Crippen LogP contribution < -0.4 is 5.32 Å². The molecule has 2 aliphatic rings. The Hall–Kier alpha value is -2.46. The molecule has 0 atom stereocenters. The van der Waals surface area contributed by atoms with Crippen molar-refractivity contribution in [1.29, 1.82) is 0 Å². The molecule has 1 aromatic heterocycles. The minimum atomic E-state index is -0.332. The second-order valence-corrected chi connectivity index (χ2v) is 6.65. The molecule has 2 amide bonds. The molecule has 10 nitrogen and oxygen atoms in total. The van der Waals surface area contributed by atoms with Crippen molar-refractivity contribution in [3.05, 3.63) is 18.1 Å². The summed E-state index contributed by atoms with van der Waals surface area (Å²) in [5.41, 5.74) is 0.309. The summed E-state index contributed by atoms with van der Waals surface area (Å²) in [5.74, 6) is 0.479. The third-order valence-corrected chi connectivity index (χ3v) is 4.80. The van der Waals surface area contributed by atoms with E-state index in [4.69, 9.17) is 9.47 Å². The van der Waals surface area contributed by atoms with Gasteiger partial charge in [-0.2, -0.15) is 0 Å². The number of nitrogens with one attached hydrogen (secondary N) is 1. The Morgan fingerprint density at radius 3 is 2.43 bits per heavy atom. The van der Waals surface area contributed by atoms with E-state index in [-0.39, 0.29) is 12.0 Å². The van der Waals surface area contributed by atoms with E-state index in [1.807, 2.05) is 0 Å². The molecule has 3 heterocycles. The minimum Gasteiger partial charge on any atom is -0.450 e. The van der Waals surface area contributed by atoms with Crippen molar-refractivity contribution in [1.82, 2.24) is 24.7 Å². The molecule has 0 bridgehead atoms. The molecule has 2 aliphatic heterocycles. The van der Waals surface area contributed by atoms with Crippen LogP contribution in [0, 0.1) is 0 Å². The van der Waals surface area contributed by atoms with Crippen LogP contribution in [0.25, 0.3) is 0 Å². The predicted octanol–water partition coefficient (Wildman–Crippen LogP) is 0.135. The van der Waals surface area contributed by atoms with Gasteiger partial charge >= 0.3 is 6.09 Å². The van der Waals surface area contributed by atoms with Gasteiger partial charge in [-0.15, -0.1) is 0 Å². The van der Waals surface area contributed by atoms with Gasteiger partial charge in [0.2, 0.25) is 0 Å². The van der Waals surface area contributed by atoms with E-state index in [9.17, 15) is 9.59 Å². The van der Waals surface area contributed by atoms with Crippen molar-refractivity contribution in [2.24, 2.45) is 0 Å². The van der Waals surface area contributed by atoms with Gasteiger partial charge in [0.25, 0.3) is 5.91 Å². The molecular weight excluding hydrogens is 364 g/mol. The van der Waals surface area contributed by atoms with Crippen LogP contribution in [-0.4, -0.2) is 109 Å². The Bertz CT molecular complexity index is 642. The zero-order valence-corrected chi connectivity index (χ0v) is 16.3. The van der Waals surface area contributed by atoms with Gasteiger partial charge in [0.15, 0.2) is 0 Å². The fraction of sp³-hybridized carbons (Fsp3) is 0.667. The molecule has 28 heavy (non-hydrogen) atoms. The molecule has 0 aliphatic carbocycles. The first kappa shape index (κ1) is 20.3. The highest BCUT2D eigenvalue weighted by molar-refractivity contribution is 5.92. The number of morpholine rings is 1. The van der Waals surface area contributed by atoms with E-state index < -0.39 is 0 Å². The lowest BCUT2D eigenvalue weighted by Gasteiger charge is -2.33. The molecule has 0 spiro atoms. The third kappa shape index (κ3) is 5.52. The molecule has 1 aromatic rings. The number of aromatic nitrogens is 2. The van der Waals surface area contributed by atoms with Crippen LogP contribution >= 0.6 is 0 Å². The van der Waals surface area contributed by atoms with Gasteiger partial charge in [0.1, 0.15) is 11.5 Å². The summed E-state index contributed by atoms with van der Waals surface area (Å²) in [6.07, 6.45) is 2.75. The Morgan fingerprint density at radius 2 is 1.79 bits per heavy atom. The van der Waals surface area contributed by atoms with Crippen LogP contribution in [0.5, 0.6) is 0 Å². The minimum absolute atomic E-state index is 0.170. The zero-order chi connectivity index (χ0) is 19.8. The highest BCUT2D eigenvalue weighted by atomic mass is 16.6. The standard InChI is InChI=1S/C18H28N6O4/c1-2-28-18(26)24-7-5-23(6-8-24)17(25)15-13-21-16(14-20-15)19-3-4-22-9-11-27-12-10-22/h13-14H,2-12H2,1H3,(H,19,21). The average molecular weight is 392 g/mol. The van der Waals surface area contributed by atoms with Crippen molar-refractivity contribution in [2.75, 3.05) is 77.5 Å². The van der Waals surface area contributed by atoms with Gasteiger partial charge in [0, 0.05) is 52.4 Å². The number of nitrogens with zero attached hydrogens (tertiary/aromatic N) is 5. The number of hydrogen-bond acceptors (Lipinski definition) is 8. The average Bonchev–Trinajstić information content (AvgIpc) is 2.75. The number of carbonyl (C=O) groups excluding carboxylic acids is 2. The van der Waals surface area contributed by atoms with Crippen molar-refractivity contribution in [3.63, 3.8) is 0 Å². The highest BCUT2D eigenvalue weighted by Gasteiger charge is 2.26. The molecule has 0 saturated carbocycles. The largest absolute Gasteiger partial charge is 0.450 e. The number of piperazine rings is 1. The normalized spacial score (nSPS) is 18.0. The molecule has 10 heteroatoms. The van der Waals surface area contributed by atoms with E-state index >= 15 is 0 Å². The molecule has 2 fully saturated rings. The van der Waals surface area contributed by atoms with Crippen LogP contribution in [0.3, 0.4) is 0 Å². The Balaban J connectivity index is 1.43. The van der Waals surface area contributed by atoms with Gasteiger partial charge in [-0.3, -0.25) is 9.69 Å². The Labute approximate surface area is 164 Å². The van der Waals surface area contributed by atoms with E-state index in [0.29, 0.717) is 44.3 Å². The maximum absolute atomic E-state index is 12.6. The molecule has 0 radical (unpaired) electrons. The molecule has 3 rings (SSSR count). The number of anilines is 1. The van der Waals surface area contributed by atoms with Crippen molar-refractivity contribution < 1.29 is 19.1 Å². The second kappa shape index (κ2) is 10.2. The zero-order valence-electron chi connectivity index (χ0n) is 16.3. The van der Waals surface area contributed by atoms with Gasteiger partial charge in [-0.05, 0) is 6.92 Å². The third-order valence-electron chi connectivity index (χ3n) is 4.80. The quantitative estimate of drug-likeness (QED) is 0.730. The smallest absolute Gasteiger partial charge is 0.409 e. The summed E-state index contributed by atoms with van der Waals surface area (Å²) in [4.78, 5) is 38.5. The van der Waals surface area contributed by atoms with Crippen LogP contribution in [-0.2, 0) is 9.47 Å².